The number of nitrogens with two attached hydrogens (primary N) is 1. The molecule has 2 aliphatic rings. The van der Waals surface area contributed by atoms with E-state index in [9.17, 15) is 19.2 Å². The SMILES string of the molecule is CC(=O)OC(CC(=O)OC1CCC(Cc2cc(-n3nc(CC(C)C)c4c3CC(C)(C)CC4=O)ccc2C(N)=O)CC1)C[N+](C)(C)C. The number of ether oxygens (including phenoxy) is 2. The maximum atomic E-state index is 13.3. The van der Waals surface area contributed by atoms with E-state index in [1.165, 1.54) is 6.92 Å². The Hall–Kier alpha value is -3.53. The molecule has 4 rings (SSSR count). The highest BCUT2D eigenvalue weighted by Gasteiger charge is 2.37. The lowest BCUT2D eigenvalue weighted by Gasteiger charge is -2.31. The van der Waals surface area contributed by atoms with Crippen LogP contribution in [0.25, 0.3) is 5.69 Å². The summed E-state index contributed by atoms with van der Waals surface area (Å²) in [6.45, 7) is 10.4. The smallest absolute Gasteiger partial charge is 0.310 e. The van der Waals surface area contributed by atoms with E-state index in [-0.39, 0.29) is 29.7 Å². The first-order chi connectivity index (χ1) is 21.4. The number of primary amides is 1. The van der Waals surface area contributed by atoms with Crippen molar-refractivity contribution >= 4 is 23.6 Å². The molecule has 0 bridgehead atoms. The molecular weight excluding hydrogens is 584 g/mol. The molecule has 10 nitrogen and oxygen atoms in total. The number of esters is 2. The van der Waals surface area contributed by atoms with E-state index < -0.39 is 18.0 Å². The summed E-state index contributed by atoms with van der Waals surface area (Å²) in [6, 6.07) is 5.66. The van der Waals surface area contributed by atoms with Gasteiger partial charge in [-0.15, -0.1) is 0 Å². The van der Waals surface area contributed by atoms with Crippen LogP contribution >= 0.6 is 0 Å². The molecule has 0 radical (unpaired) electrons. The average molecular weight is 638 g/mol. The van der Waals surface area contributed by atoms with Gasteiger partial charge >= 0.3 is 11.9 Å². The predicted molar refractivity (Wildman–Crippen MR) is 176 cm³/mol. The minimum atomic E-state index is -0.535. The highest BCUT2D eigenvalue weighted by atomic mass is 16.6. The number of carbonyl (C=O) groups excluding carboxylic acids is 4. The molecule has 0 saturated heterocycles. The van der Waals surface area contributed by atoms with E-state index in [0.717, 1.165) is 66.7 Å². The molecule has 2 aliphatic carbocycles. The zero-order valence-corrected chi connectivity index (χ0v) is 29.0. The maximum Gasteiger partial charge on any atom is 0.310 e. The van der Waals surface area contributed by atoms with Gasteiger partial charge in [-0.2, -0.15) is 5.10 Å². The van der Waals surface area contributed by atoms with Crippen molar-refractivity contribution in [2.75, 3.05) is 27.7 Å². The molecule has 1 amide bonds. The van der Waals surface area contributed by atoms with E-state index in [1.807, 2.05) is 38.0 Å². The van der Waals surface area contributed by atoms with Crippen LogP contribution in [0.5, 0.6) is 0 Å². The Morgan fingerprint density at radius 2 is 1.76 bits per heavy atom. The third kappa shape index (κ3) is 9.27. The number of hydrogen-bond acceptors (Lipinski definition) is 7. The predicted octanol–water partition coefficient (Wildman–Crippen LogP) is 5.00. The van der Waals surface area contributed by atoms with Crippen LogP contribution in [0, 0.1) is 17.3 Å². The minimum Gasteiger partial charge on any atom is -0.462 e. The topological polar surface area (TPSA) is 131 Å². The van der Waals surface area contributed by atoms with E-state index >= 15 is 0 Å². The number of quaternary nitrogens is 1. The van der Waals surface area contributed by atoms with E-state index in [1.54, 1.807) is 6.07 Å². The second kappa shape index (κ2) is 14.1. The number of nitrogens with zero attached hydrogens (tertiary/aromatic N) is 3. The van der Waals surface area contributed by atoms with Crippen LogP contribution in [0.2, 0.25) is 0 Å². The molecule has 10 heteroatoms. The standard InChI is InChI=1S/C36H52N4O6/c1-22(2)15-30-34-31(19-36(4,5)20-32(34)42)39(38-30)26-11-14-29(35(37)44)25(17-26)16-24-9-12-27(13-10-24)46-33(43)18-28(45-23(3)41)21-40(6,7)8/h11,14,17,22,24,27-28H,9-10,12-13,15-16,18-21H2,1-8H3,(H-,37,44)/p+1. The van der Waals surface area contributed by atoms with Gasteiger partial charge in [-0.3, -0.25) is 19.2 Å². The van der Waals surface area contributed by atoms with Crippen LogP contribution in [0.4, 0.5) is 0 Å². The van der Waals surface area contributed by atoms with Gasteiger partial charge < -0.3 is 19.7 Å². The monoisotopic (exact) mass is 637 g/mol. The summed E-state index contributed by atoms with van der Waals surface area (Å²) >= 11 is 0. The number of fused-ring (bicyclic) bond motifs is 1. The number of Topliss-reactive ketones (excluding diaryl/α,β-unsaturated/α-hetero) is 1. The summed E-state index contributed by atoms with van der Waals surface area (Å²) in [5, 5.41) is 4.98. The number of hydrogen-bond donors (Lipinski definition) is 1. The van der Waals surface area contributed by atoms with Gasteiger partial charge in [0.15, 0.2) is 11.9 Å². The van der Waals surface area contributed by atoms with Gasteiger partial charge in [-0.05, 0) is 86.0 Å². The fourth-order valence-electron chi connectivity index (χ4n) is 7.07. The van der Waals surface area contributed by atoms with Gasteiger partial charge in [0, 0.05) is 18.9 Å². The van der Waals surface area contributed by atoms with Gasteiger partial charge in [0.1, 0.15) is 12.6 Å². The number of likely N-dealkylation sites (N-methyl/N-ethyl adjacent to an activating group) is 1. The van der Waals surface area contributed by atoms with Crippen molar-refractivity contribution in [2.24, 2.45) is 23.0 Å². The zero-order chi connectivity index (χ0) is 34.0. The summed E-state index contributed by atoms with van der Waals surface area (Å²) in [6.07, 6.45) is 5.05. The van der Waals surface area contributed by atoms with E-state index in [2.05, 4.69) is 27.7 Å². The minimum absolute atomic E-state index is 0.0303. The number of amides is 1. The Balaban J connectivity index is 1.48. The van der Waals surface area contributed by atoms with Crippen LogP contribution in [0.3, 0.4) is 0 Å². The molecule has 46 heavy (non-hydrogen) atoms. The van der Waals surface area contributed by atoms with Gasteiger partial charge in [-0.1, -0.05) is 27.7 Å². The molecule has 252 valence electrons. The Labute approximate surface area is 273 Å². The molecule has 2 N–H and O–H groups in total. The summed E-state index contributed by atoms with van der Waals surface area (Å²) < 4.78 is 13.7. The van der Waals surface area contributed by atoms with Crippen LogP contribution in [0.1, 0.15) is 111 Å². The van der Waals surface area contributed by atoms with E-state index in [4.69, 9.17) is 20.3 Å². The Morgan fingerprint density at radius 3 is 2.35 bits per heavy atom. The normalized spacial score (nSPS) is 20.2. The van der Waals surface area contributed by atoms with Crippen LogP contribution in [-0.2, 0) is 38.3 Å². The van der Waals surface area contributed by atoms with Crippen LogP contribution < -0.4 is 5.73 Å². The van der Waals surface area contributed by atoms with Crippen molar-refractivity contribution in [2.45, 2.75) is 105 Å². The third-order valence-corrected chi connectivity index (χ3v) is 8.90. The summed E-state index contributed by atoms with van der Waals surface area (Å²) in [7, 11) is 5.95. The van der Waals surface area contributed by atoms with Gasteiger partial charge in [0.05, 0.1) is 50.2 Å². The van der Waals surface area contributed by atoms with Gasteiger partial charge in [-0.25, -0.2) is 4.68 Å². The van der Waals surface area contributed by atoms with Crippen molar-refractivity contribution in [1.82, 2.24) is 9.78 Å². The average Bonchev–Trinajstić information content (AvgIpc) is 3.24. The molecule has 2 aromatic rings. The molecule has 1 aromatic heterocycles. The van der Waals surface area contributed by atoms with Crippen molar-refractivity contribution < 1.29 is 33.1 Å². The first kappa shape index (κ1) is 35.3. The van der Waals surface area contributed by atoms with Crippen LogP contribution in [0.15, 0.2) is 18.2 Å². The quantitative estimate of drug-likeness (QED) is 0.256. The second-order valence-corrected chi connectivity index (χ2v) is 15.7. The molecule has 1 fully saturated rings. The molecule has 1 aromatic carbocycles. The van der Waals surface area contributed by atoms with Crippen LogP contribution in [-0.4, -0.2) is 77.8 Å². The first-order valence-electron chi connectivity index (χ1n) is 16.6. The highest BCUT2D eigenvalue weighted by molar-refractivity contribution is 6.00. The maximum absolute atomic E-state index is 13.3. The summed E-state index contributed by atoms with van der Waals surface area (Å²) in [4.78, 5) is 50.1. The third-order valence-electron chi connectivity index (χ3n) is 8.90. The first-order valence-corrected chi connectivity index (χ1v) is 16.6. The Kier molecular flexibility index (Phi) is 10.8. The lowest BCUT2D eigenvalue weighted by Crippen LogP contribution is -2.44. The number of carbonyl (C=O) groups is 4. The van der Waals surface area contributed by atoms with Gasteiger partial charge in [0.25, 0.3) is 0 Å². The number of aromatic nitrogens is 2. The van der Waals surface area contributed by atoms with E-state index in [0.29, 0.717) is 41.3 Å². The van der Waals surface area contributed by atoms with Crippen molar-refractivity contribution in [3.8, 4) is 5.69 Å². The number of benzene rings is 1. The lowest BCUT2D eigenvalue weighted by molar-refractivity contribution is -0.873. The lowest BCUT2D eigenvalue weighted by atomic mass is 9.75. The van der Waals surface area contributed by atoms with Crippen molar-refractivity contribution in [3.05, 3.63) is 46.3 Å². The number of ketones is 1. The Bertz CT molecular complexity index is 1460. The molecule has 1 saturated carbocycles. The summed E-state index contributed by atoms with van der Waals surface area (Å²) in [5.74, 6) is -0.441. The largest absolute Gasteiger partial charge is 0.462 e. The number of rotatable bonds is 12. The zero-order valence-electron chi connectivity index (χ0n) is 29.0. The van der Waals surface area contributed by atoms with Crippen molar-refractivity contribution in [3.63, 3.8) is 0 Å². The Morgan fingerprint density at radius 1 is 1.09 bits per heavy atom. The fourth-order valence-corrected chi connectivity index (χ4v) is 7.07. The second-order valence-electron chi connectivity index (χ2n) is 15.7. The summed E-state index contributed by atoms with van der Waals surface area (Å²) in [5.41, 5.74) is 10.4. The molecule has 1 unspecified atom stereocenters. The fraction of sp³-hybridized carbons (Fsp3) is 0.639. The molecule has 0 spiro atoms. The van der Waals surface area contributed by atoms with Crippen molar-refractivity contribution in [1.29, 1.82) is 0 Å². The molecule has 0 aliphatic heterocycles. The molecule has 1 atom stereocenters. The highest BCUT2D eigenvalue weighted by Crippen LogP contribution is 2.38. The van der Waals surface area contributed by atoms with Gasteiger partial charge in [0.2, 0.25) is 5.91 Å². The molecule has 1 heterocycles. The molecular formula is C36H53N4O6+.